The lowest BCUT2D eigenvalue weighted by atomic mass is 10.00. The SMILES string of the molecule is [CH2]C(C(N)=O)c1ccccc1OC. The summed E-state index contributed by atoms with van der Waals surface area (Å²) in [7, 11) is 1.55. The second kappa shape index (κ2) is 3.94. The number of ether oxygens (including phenoxy) is 1. The van der Waals surface area contributed by atoms with Crippen molar-refractivity contribution >= 4 is 5.91 Å². The van der Waals surface area contributed by atoms with Crippen molar-refractivity contribution in [2.24, 2.45) is 5.73 Å². The van der Waals surface area contributed by atoms with Crippen molar-refractivity contribution < 1.29 is 9.53 Å². The molecule has 0 heterocycles. The van der Waals surface area contributed by atoms with E-state index in [1.165, 1.54) is 0 Å². The zero-order chi connectivity index (χ0) is 9.84. The van der Waals surface area contributed by atoms with Gasteiger partial charge in [-0.2, -0.15) is 0 Å². The third-order valence-electron chi connectivity index (χ3n) is 1.86. The molecule has 1 atom stereocenters. The molecule has 0 aliphatic rings. The molecule has 3 nitrogen and oxygen atoms in total. The Kier molecular flexibility index (Phi) is 2.90. The highest BCUT2D eigenvalue weighted by atomic mass is 16.5. The van der Waals surface area contributed by atoms with Crippen molar-refractivity contribution in [2.75, 3.05) is 7.11 Å². The number of amides is 1. The van der Waals surface area contributed by atoms with Crippen LogP contribution in [0.25, 0.3) is 0 Å². The van der Waals surface area contributed by atoms with E-state index in [1.807, 2.05) is 12.1 Å². The minimum Gasteiger partial charge on any atom is -0.496 e. The highest BCUT2D eigenvalue weighted by Crippen LogP contribution is 2.25. The monoisotopic (exact) mass is 178 g/mol. The lowest BCUT2D eigenvalue weighted by molar-refractivity contribution is -0.118. The lowest BCUT2D eigenvalue weighted by Crippen LogP contribution is -2.19. The Labute approximate surface area is 77.5 Å². The number of primary amides is 1. The summed E-state index contributed by atoms with van der Waals surface area (Å²) in [6, 6.07) is 7.20. The fraction of sp³-hybridized carbons (Fsp3) is 0.200. The number of methoxy groups -OCH3 is 1. The van der Waals surface area contributed by atoms with Gasteiger partial charge < -0.3 is 10.5 Å². The van der Waals surface area contributed by atoms with Gasteiger partial charge in [0, 0.05) is 5.56 Å². The summed E-state index contributed by atoms with van der Waals surface area (Å²) in [6.07, 6.45) is 0. The molecule has 1 amide bonds. The fourth-order valence-corrected chi connectivity index (χ4v) is 1.11. The summed E-state index contributed by atoms with van der Waals surface area (Å²) < 4.78 is 5.07. The van der Waals surface area contributed by atoms with Gasteiger partial charge in [0.2, 0.25) is 5.91 Å². The molecule has 1 aromatic rings. The second-order valence-corrected chi connectivity index (χ2v) is 2.70. The van der Waals surface area contributed by atoms with Gasteiger partial charge in [-0.25, -0.2) is 0 Å². The molecule has 69 valence electrons. The minimum absolute atomic E-state index is 0.454. The molecular weight excluding hydrogens is 166 g/mol. The quantitative estimate of drug-likeness (QED) is 0.753. The van der Waals surface area contributed by atoms with Gasteiger partial charge in [0.1, 0.15) is 5.75 Å². The third kappa shape index (κ3) is 1.99. The van der Waals surface area contributed by atoms with Crippen LogP contribution < -0.4 is 10.5 Å². The van der Waals surface area contributed by atoms with Crippen molar-refractivity contribution in [3.8, 4) is 5.75 Å². The van der Waals surface area contributed by atoms with Crippen molar-refractivity contribution in [1.82, 2.24) is 0 Å². The number of nitrogens with two attached hydrogens (primary N) is 1. The number of carbonyl (C=O) groups is 1. The Morgan fingerprint density at radius 2 is 2.15 bits per heavy atom. The van der Waals surface area contributed by atoms with E-state index in [0.717, 1.165) is 5.56 Å². The van der Waals surface area contributed by atoms with Gasteiger partial charge in [0.25, 0.3) is 0 Å². The summed E-state index contributed by atoms with van der Waals surface area (Å²) in [5, 5.41) is 0. The van der Waals surface area contributed by atoms with Gasteiger partial charge >= 0.3 is 0 Å². The van der Waals surface area contributed by atoms with Crippen molar-refractivity contribution in [1.29, 1.82) is 0 Å². The second-order valence-electron chi connectivity index (χ2n) is 2.70. The van der Waals surface area contributed by atoms with Crippen molar-refractivity contribution in [2.45, 2.75) is 5.92 Å². The maximum absolute atomic E-state index is 10.9. The summed E-state index contributed by atoms with van der Waals surface area (Å²) in [5.41, 5.74) is 5.85. The first-order valence-electron chi connectivity index (χ1n) is 3.92. The van der Waals surface area contributed by atoms with Gasteiger partial charge in [0.15, 0.2) is 0 Å². The standard InChI is InChI=1S/C10H12NO2/c1-7(10(11)12)8-5-3-4-6-9(8)13-2/h3-7H,1H2,2H3,(H2,11,12). The van der Waals surface area contributed by atoms with E-state index >= 15 is 0 Å². The Bertz CT molecular complexity index is 310. The van der Waals surface area contributed by atoms with E-state index in [0.29, 0.717) is 5.75 Å². The highest BCUT2D eigenvalue weighted by molar-refractivity contribution is 5.83. The molecule has 13 heavy (non-hydrogen) atoms. The third-order valence-corrected chi connectivity index (χ3v) is 1.86. The fourth-order valence-electron chi connectivity index (χ4n) is 1.11. The molecule has 0 aromatic heterocycles. The molecule has 0 spiro atoms. The molecule has 1 unspecified atom stereocenters. The van der Waals surface area contributed by atoms with E-state index in [4.69, 9.17) is 10.5 Å². The van der Waals surface area contributed by atoms with Crippen LogP contribution in [0.2, 0.25) is 0 Å². The molecule has 0 aliphatic carbocycles. The molecule has 1 aromatic carbocycles. The molecule has 1 rings (SSSR count). The average Bonchev–Trinajstić information content (AvgIpc) is 2.16. The van der Waals surface area contributed by atoms with Gasteiger partial charge in [-0.15, -0.1) is 0 Å². The van der Waals surface area contributed by atoms with Crippen LogP contribution in [0.5, 0.6) is 5.75 Å². The van der Waals surface area contributed by atoms with Gasteiger partial charge in [-0.1, -0.05) is 18.2 Å². The first-order chi connectivity index (χ1) is 6.16. The van der Waals surface area contributed by atoms with E-state index in [-0.39, 0.29) is 0 Å². The predicted molar refractivity (Wildman–Crippen MR) is 50.3 cm³/mol. The molecular formula is C10H12NO2. The molecule has 0 fully saturated rings. The molecule has 0 aliphatic heterocycles. The normalized spacial score (nSPS) is 12.2. The Morgan fingerprint density at radius 3 is 2.69 bits per heavy atom. The Morgan fingerprint density at radius 1 is 1.54 bits per heavy atom. The zero-order valence-electron chi connectivity index (χ0n) is 7.49. The largest absolute Gasteiger partial charge is 0.496 e. The number of para-hydroxylation sites is 1. The van der Waals surface area contributed by atoms with Crippen LogP contribution in [0.15, 0.2) is 24.3 Å². The van der Waals surface area contributed by atoms with Crippen LogP contribution >= 0.6 is 0 Å². The van der Waals surface area contributed by atoms with Crippen LogP contribution in [0.1, 0.15) is 11.5 Å². The Hall–Kier alpha value is -1.51. The maximum atomic E-state index is 10.9. The van der Waals surface area contributed by atoms with Crippen molar-refractivity contribution in [3.05, 3.63) is 36.8 Å². The predicted octanol–water partition coefficient (Wildman–Crippen LogP) is 1.10. The van der Waals surface area contributed by atoms with E-state index in [9.17, 15) is 4.79 Å². The smallest absolute Gasteiger partial charge is 0.225 e. The van der Waals surface area contributed by atoms with E-state index in [2.05, 4.69) is 6.92 Å². The van der Waals surface area contributed by atoms with Gasteiger partial charge in [0.05, 0.1) is 13.0 Å². The van der Waals surface area contributed by atoms with Crippen LogP contribution in [0.3, 0.4) is 0 Å². The minimum atomic E-state index is -0.559. The van der Waals surface area contributed by atoms with E-state index in [1.54, 1.807) is 19.2 Å². The lowest BCUT2D eigenvalue weighted by Gasteiger charge is -2.11. The van der Waals surface area contributed by atoms with Crippen molar-refractivity contribution in [3.63, 3.8) is 0 Å². The van der Waals surface area contributed by atoms with Crippen LogP contribution in [-0.4, -0.2) is 13.0 Å². The molecule has 1 radical (unpaired) electrons. The highest BCUT2D eigenvalue weighted by Gasteiger charge is 2.15. The summed E-state index contributed by atoms with van der Waals surface area (Å²) in [6.45, 7) is 3.66. The maximum Gasteiger partial charge on any atom is 0.225 e. The first-order valence-corrected chi connectivity index (χ1v) is 3.92. The molecule has 0 saturated heterocycles. The van der Waals surface area contributed by atoms with Crippen LogP contribution in [0, 0.1) is 6.92 Å². The number of carbonyl (C=O) groups excluding carboxylic acids is 1. The summed E-state index contributed by atoms with van der Waals surface area (Å²) in [4.78, 5) is 10.9. The number of benzene rings is 1. The summed E-state index contributed by atoms with van der Waals surface area (Å²) >= 11 is 0. The van der Waals surface area contributed by atoms with Crippen LogP contribution in [-0.2, 0) is 4.79 Å². The topological polar surface area (TPSA) is 52.3 Å². The van der Waals surface area contributed by atoms with Crippen LogP contribution in [0.4, 0.5) is 0 Å². The zero-order valence-corrected chi connectivity index (χ0v) is 7.49. The number of hydrogen-bond donors (Lipinski definition) is 1. The molecule has 2 N–H and O–H groups in total. The number of hydrogen-bond acceptors (Lipinski definition) is 2. The average molecular weight is 178 g/mol. The Balaban J connectivity index is 3.05. The molecule has 0 bridgehead atoms. The molecule has 0 saturated carbocycles. The van der Waals surface area contributed by atoms with Gasteiger partial charge in [-0.05, 0) is 13.0 Å². The first kappa shape index (κ1) is 9.58. The van der Waals surface area contributed by atoms with Gasteiger partial charge in [-0.3, -0.25) is 4.79 Å². The summed E-state index contributed by atoms with van der Waals surface area (Å²) in [5.74, 6) is -0.373. The van der Waals surface area contributed by atoms with E-state index < -0.39 is 11.8 Å². The number of rotatable bonds is 3. The molecule has 3 heteroatoms.